The van der Waals surface area contributed by atoms with Crippen LogP contribution in [0.2, 0.25) is 0 Å². The van der Waals surface area contributed by atoms with Gasteiger partial charge in [0.2, 0.25) is 0 Å². The number of thiophene rings is 1. The lowest BCUT2D eigenvalue weighted by atomic mass is 10.2. The van der Waals surface area contributed by atoms with Crippen molar-refractivity contribution in [1.29, 1.82) is 0 Å². The largest absolute Gasteiger partial charge is 0.205 e. The van der Waals surface area contributed by atoms with Crippen LogP contribution in [0.25, 0.3) is 10.1 Å². The number of fused-ring (bicyclic) bond motifs is 1. The van der Waals surface area contributed by atoms with E-state index in [2.05, 4.69) is 0 Å². The predicted octanol–water partition coefficient (Wildman–Crippen LogP) is 3.66. The van der Waals surface area contributed by atoms with E-state index in [9.17, 15) is 4.39 Å². The van der Waals surface area contributed by atoms with Crippen LogP contribution in [0.1, 0.15) is 10.4 Å². The number of benzene rings is 1. The Morgan fingerprint density at radius 2 is 2.00 bits per heavy atom. The number of hydrogen-bond acceptors (Lipinski definition) is 1. The molecule has 1 aromatic carbocycles. The molecule has 1 heterocycles. The third-order valence-electron chi connectivity index (χ3n) is 1.94. The minimum atomic E-state index is -0.0568. The summed E-state index contributed by atoms with van der Waals surface area (Å²) >= 11 is 1.51. The molecule has 12 heavy (non-hydrogen) atoms. The first kappa shape index (κ1) is 7.74. The summed E-state index contributed by atoms with van der Waals surface area (Å²) in [5, 5.41) is 0.762. The summed E-state index contributed by atoms with van der Waals surface area (Å²) in [6, 6.07) is 5.89. The lowest BCUT2D eigenvalue weighted by Crippen LogP contribution is -1.73. The van der Waals surface area contributed by atoms with Gasteiger partial charge in [0.1, 0.15) is 5.82 Å². The van der Waals surface area contributed by atoms with Crippen LogP contribution in [-0.4, -0.2) is 0 Å². The van der Waals surface area contributed by atoms with Crippen LogP contribution < -0.4 is 0 Å². The molecule has 0 aliphatic heterocycles. The highest BCUT2D eigenvalue weighted by Crippen LogP contribution is 2.29. The Morgan fingerprint density at radius 1 is 1.25 bits per heavy atom. The lowest BCUT2D eigenvalue weighted by Gasteiger charge is -1.91. The Morgan fingerprint density at radius 3 is 2.75 bits per heavy atom. The van der Waals surface area contributed by atoms with Gasteiger partial charge in [-0.15, -0.1) is 11.3 Å². The van der Waals surface area contributed by atoms with E-state index in [1.807, 2.05) is 32.0 Å². The van der Waals surface area contributed by atoms with Gasteiger partial charge in [-0.25, -0.2) is 4.39 Å². The molecule has 2 heteroatoms. The fraction of sp³-hybridized carbons (Fsp3) is 0.200. The third-order valence-corrected chi connectivity index (χ3v) is 3.00. The van der Waals surface area contributed by atoms with E-state index in [1.54, 1.807) is 0 Å². The number of halogens is 1. The first-order chi connectivity index (χ1) is 5.68. The first-order valence-electron chi connectivity index (χ1n) is 3.84. The summed E-state index contributed by atoms with van der Waals surface area (Å²) in [5.41, 5.74) is 1.11. The average Bonchev–Trinajstić information content (AvgIpc) is 2.31. The van der Waals surface area contributed by atoms with E-state index in [1.165, 1.54) is 11.3 Å². The molecule has 0 radical (unpaired) electrons. The van der Waals surface area contributed by atoms with Crippen LogP contribution in [-0.2, 0) is 0 Å². The molecule has 0 unspecified atom stereocenters. The van der Waals surface area contributed by atoms with Gasteiger partial charge in [-0.1, -0.05) is 11.6 Å². The molecule has 0 aliphatic rings. The molecule has 2 rings (SSSR count). The molecule has 0 saturated carbocycles. The molecule has 0 saturated heterocycles. The van der Waals surface area contributed by atoms with E-state index >= 15 is 0 Å². The highest BCUT2D eigenvalue weighted by Gasteiger charge is 2.07. The van der Waals surface area contributed by atoms with Gasteiger partial charge in [-0.2, -0.15) is 0 Å². The van der Waals surface area contributed by atoms with Crippen molar-refractivity contribution in [3.63, 3.8) is 0 Å². The Kier molecular flexibility index (Phi) is 1.65. The van der Waals surface area contributed by atoms with E-state index in [-0.39, 0.29) is 5.82 Å². The fourth-order valence-electron chi connectivity index (χ4n) is 1.30. The number of rotatable bonds is 0. The zero-order chi connectivity index (χ0) is 8.72. The van der Waals surface area contributed by atoms with Crippen LogP contribution in [0.4, 0.5) is 4.39 Å². The van der Waals surface area contributed by atoms with E-state index < -0.39 is 0 Å². The van der Waals surface area contributed by atoms with Gasteiger partial charge >= 0.3 is 0 Å². The first-order valence-corrected chi connectivity index (χ1v) is 4.65. The Labute approximate surface area is 74.6 Å². The van der Waals surface area contributed by atoms with Crippen molar-refractivity contribution in [1.82, 2.24) is 0 Å². The molecule has 0 spiro atoms. The van der Waals surface area contributed by atoms with E-state index in [4.69, 9.17) is 0 Å². The fourth-order valence-corrected chi connectivity index (χ4v) is 2.23. The van der Waals surface area contributed by atoms with Crippen molar-refractivity contribution in [2.45, 2.75) is 13.8 Å². The number of aryl methyl sites for hydroxylation is 2. The maximum absolute atomic E-state index is 13.3. The molecule has 0 atom stereocenters. The van der Waals surface area contributed by atoms with Crippen molar-refractivity contribution in [2.75, 3.05) is 0 Å². The minimum absolute atomic E-state index is 0.0568. The average molecular weight is 180 g/mol. The summed E-state index contributed by atoms with van der Waals surface area (Å²) in [6.07, 6.45) is 0. The van der Waals surface area contributed by atoms with Crippen molar-refractivity contribution in [3.05, 3.63) is 34.5 Å². The van der Waals surface area contributed by atoms with Gasteiger partial charge < -0.3 is 0 Å². The highest BCUT2D eigenvalue weighted by molar-refractivity contribution is 7.19. The Hall–Kier alpha value is -0.890. The monoisotopic (exact) mass is 180 g/mol. The van der Waals surface area contributed by atoms with Crippen molar-refractivity contribution < 1.29 is 4.39 Å². The quantitative estimate of drug-likeness (QED) is 0.580. The molecule has 0 N–H and O–H groups in total. The minimum Gasteiger partial charge on any atom is -0.205 e. The van der Waals surface area contributed by atoms with Gasteiger partial charge in [-0.3, -0.25) is 0 Å². The number of hydrogen-bond donors (Lipinski definition) is 0. The molecule has 2 aromatic rings. The van der Waals surface area contributed by atoms with Crippen LogP contribution in [0.3, 0.4) is 0 Å². The molecule has 0 amide bonds. The zero-order valence-corrected chi connectivity index (χ0v) is 7.83. The van der Waals surface area contributed by atoms with Gasteiger partial charge in [0.25, 0.3) is 0 Å². The van der Waals surface area contributed by atoms with Crippen molar-refractivity contribution >= 4 is 21.4 Å². The molecular weight excluding hydrogens is 171 g/mol. The third kappa shape index (κ3) is 1.03. The summed E-state index contributed by atoms with van der Waals surface area (Å²) in [5.74, 6) is -0.0568. The Balaban J connectivity index is 2.88. The van der Waals surface area contributed by atoms with Gasteiger partial charge in [0, 0.05) is 15.0 Å². The maximum atomic E-state index is 13.3. The Bertz CT molecular complexity index is 429. The molecule has 0 fully saturated rings. The topological polar surface area (TPSA) is 0 Å². The molecule has 62 valence electrons. The molecule has 0 bridgehead atoms. The maximum Gasteiger partial charge on any atom is 0.144 e. The zero-order valence-electron chi connectivity index (χ0n) is 7.02. The highest BCUT2D eigenvalue weighted by atomic mass is 32.1. The molecule has 0 aliphatic carbocycles. The van der Waals surface area contributed by atoms with Gasteiger partial charge in [-0.05, 0) is 26.0 Å². The second-order valence-corrected chi connectivity index (χ2v) is 4.23. The van der Waals surface area contributed by atoms with Gasteiger partial charge in [0.05, 0.1) is 0 Å². The standard InChI is InChI=1S/C10H9FS/c1-6-3-4-9-8(5-6)10(11)7(2)12-9/h3-5H,1-2H3. The van der Waals surface area contributed by atoms with E-state index in [0.29, 0.717) is 0 Å². The van der Waals surface area contributed by atoms with Crippen LogP contribution in [0, 0.1) is 19.7 Å². The van der Waals surface area contributed by atoms with Gasteiger partial charge in [0.15, 0.2) is 0 Å². The van der Waals surface area contributed by atoms with Crippen LogP contribution in [0.15, 0.2) is 18.2 Å². The predicted molar refractivity (Wildman–Crippen MR) is 51.3 cm³/mol. The summed E-state index contributed by atoms with van der Waals surface area (Å²) in [6.45, 7) is 3.79. The smallest absolute Gasteiger partial charge is 0.144 e. The second-order valence-electron chi connectivity index (χ2n) is 2.97. The molecular formula is C10H9FS. The van der Waals surface area contributed by atoms with Crippen molar-refractivity contribution in [3.8, 4) is 0 Å². The molecule has 1 aromatic heterocycles. The van der Waals surface area contributed by atoms with Crippen molar-refractivity contribution in [2.24, 2.45) is 0 Å². The van der Waals surface area contributed by atoms with Crippen LogP contribution in [0.5, 0.6) is 0 Å². The summed E-state index contributed by atoms with van der Waals surface area (Å²) in [7, 11) is 0. The SMILES string of the molecule is Cc1ccc2sc(C)c(F)c2c1. The normalized spacial score (nSPS) is 10.9. The van der Waals surface area contributed by atoms with Crippen LogP contribution >= 0.6 is 11.3 Å². The van der Waals surface area contributed by atoms with E-state index in [0.717, 1.165) is 20.5 Å². The molecule has 0 nitrogen and oxygen atoms in total. The second kappa shape index (κ2) is 2.56. The lowest BCUT2D eigenvalue weighted by molar-refractivity contribution is 0.636. The summed E-state index contributed by atoms with van der Waals surface area (Å²) in [4.78, 5) is 0.774. The summed E-state index contributed by atoms with van der Waals surface area (Å²) < 4.78 is 14.4.